The van der Waals surface area contributed by atoms with E-state index < -0.39 is 0 Å². The highest BCUT2D eigenvalue weighted by Crippen LogP contribution is 2.23. The van der Waals surface area contributed by atoms with Gasteiger partial charge >= 0.3 is 6.01 Å². The van der Waals surface area contributed by atoms with Gasteiger partial charge in [0, 0.05) is 6.54 Å². The van der Waals surface area contributed by atoms with Gasteiger partial charge in [0.25, 0.3) is 0 Å². The van der Waals surface area contributed by atoms with E-state index in [1.165, 1.54) is 0 Å². The SMILES string of the molecule is CCn1c(N)cnc1Oc1ccc(O)cc1. The standard InChI is InChI=1S/C11H13N3O2/c1-2-14-10(12)7-13-11(14)16-9-5-3-8(15)4-6-9/h3-7,15H,2,12H2,1H3. The Hall–Kier alpha value is -2.17. The van der Waals surface area contributed by atoms with E-state index in [1.54, 1.807) is 35.0 Å². The summed E-state index contributed by atoms with van der Waals surface area (Å²) in [5.41, 5.74) is 5.71. The highest BCUT2D eigenvalue weighted by Gasteiger charge is 2.07. The van der Waals surface area contributed by atoms with Crippen molar-refractivity contribution in [1.82, 2.24) is 9.55 Å². The number of nitrogens with zero attached hydrogens (tertiary/aromatic N) is 2. The van der Waals surface area contributed by atoms with Crippen LogP contribution in [0.2, 0.25) is 0 Å². The van der Waals surface area contributed by atoms with Crippen molar-refractivity contribution in [1.29, 1.82) is 0 Å². The molecule has 0 atom stereocenters. The van der Waals surface area contributed by atoms with Gasteiger partial charge in [-0.25, -0.2) is 4.98 Å². The fraction of sp³-hybridized carbons (Fsp3) is 0.182. The molecule has 0 aliphatic heterocycles. The first-order valence-electron chi connectivity index (χ1n) is 4.98. The maximum atomic E-state index is 9.13. The molecule has 0 bridgehead atoms. The average molecular weight is 219 g/mol. The van der Waals surface area contributed by atoms with Crippen molar-refractivity contribution in [3.05, 3.63) is 30.5 Å². The van der Waals surface area contributed by atoms with Crippen molar-refractivity contribution >= 4 is 5.82 Å². The first-order chi connectivity index (χ1) is 7.70. The van der Waals surface area contributed by atoms with Crippen molar-refractivity contribution in [3.8, 4) is 17.5 Å². The van der Waals surface area contributed by atoms with E-state index in [2.05, 4.69) is 4.98 Å². The minimum absolute atomic E-state index is 0.200. The highest BCUT2D eigenvalue weighted by atomic mass is 16.5. The van der Waals surface area contributed by atoms with Gasteiger partial charge in [-0.3, -0.25) is 4.57 Å². The average Bonchev–Trinajstić information content (AvgIpc) is 2.63. The maximum absolute atomic E-state index is 9.13. The fourth-order valence-electron chi connectivity index (χ4n) is 1.39. The molecule has 1 heterocycles. The number of hydrogen-bond donors (Lipinski definition) is 2. The predicted molar refractivity (Wildman–Crippen MR) is 60.5 cm³/mol. The second kappa shape index (κ2) is 4.14. The van der Waals surface area contributed by atoms with Gasteiger partial charge in [0.15, 0.2) is 0 Å². The van der Waals surface area contributed by atoms with Crippen LogP contribution in [0.4, 0.5) is 5.82 Å². The number of nitrogens with two attached hydrogens (primary N) is 1. The Morgan fingerprint density at radius 3 is 2.69 bits per heavy atom. The lowest BCUT2D eigenvalue weighted by Gasteiger charge is -2.07. The third kappa shape index (κ3) is 1.93. The topological polar surface area (TPSA) is 73.3 Å². The molecular formula is C11H13N3O2. The van der Waals surface area contributed by atoms with Gasteiger partial charge < -0.3 is 15.6 Å². The Bertz CT molecular complexity index is 476. The van der Waals surface area contributed by atoms with Crippen LogP contribution in [0.25, 0.3) is 0 Å². The summed E-state index contributed by atoms with van der Waals surface area (Å²) in [5, 5.41) is 9.13. The number of anilines is 1. The van der Waals surface area contributed by atoms with Crippen LogP contribution in [0.5, 0.6) is 17.5 Å². The highest BCUT2D eigenvalue weighted by molar-refractivity contribution is 5.35. The third-order valence-electron chi connectivity index (χ3n) is 2.21. The molecule has 2 aromatic rings. The largest absolute Gasteiger partial charge is 0.508 e. The molecule has 1 aromatic carbocycles. The number of aromatic nitrogens is 2. The first-order valence-corrected chi connectivity index (χ1v) is 4.98. The summed E-state index contributed by atoms with van der Waals surface area (Å²) in [4.78, 5) is 4.06. The Morgan fingerprint density at radius 2 is 2.06 bits per heavy atom. The Kier molecular flexibility index (Phi) is 2.68. The lowest BCUT2D eigenvalue weighted by atomic mass is 10.3. The molecule has 84 valence electrons. The van der Waals surface area contributed by atoms with Gasteiger partial charge in [0.05, 0.1) is 6.20 Å². The zero-order valence-corrected chi connectivity index (χ0v) is 8.92. The quantitative estimate of drug-likeness (QED) is 0.827. The summed E-state index contributed by atoms with van der Waals surface area (Å²) in [6.45, 7) is 2.65. The second-order valence-corrected chi connectivity index (χ2v) is 3.31. The minimum atomic E-state index is 0.200. The van der Waals surface area contributed by atoms with E-state index >= 15 is 0 Å². The van der Waals surface area contributed by atoms with Gasteiger partial charge in [-0.15, -0.1) is 0 Å². The molecule has 0 aliphatic carbocycles. The van der Waals surface area contributed by atoms with E-state index in [1.807, 2.05) is 6.92 Å². The van der Waals surface area contributed by atoms with Crippen LogP contribution >= 0.6 is 0 Å². The van der Waals surface area contributed by atoms with Gasteiger partial charge in [0.2, 0.25) is 0 Å². The zero-order valence-electron chi connectivity index (χ0n) is 8.92. The lowest BCUT2D eigenvalue weighted by molar-refractivity contribution is 0.414. The number of aromatic hydroxyl groups is 1. The van der Waals surface area contributed by atoms with Gasteiger partial charge in [-0.05, 0) is 31.2 Å². The molecule has 0 radical (unpaired) electrons. The number of phenols is 1. The van der Waals surface area contributed by atoms with Crippen molar-refractivity contribution in [2.45, 2.75) is 13.5 Å². The van der Waals surface area contributed by atoms with E-state index in [4.69, 9.17) is 15.6 Å². The van der Waals surface area contributed by atoms with Crippen LogP contribution in [0, 0.1) is 0 Å². The second-order valence-electron chi connectivity index (χ2n) is 3.31. The van der Waals surface area contributed by atoms with Gasteiger partial charge in [0.1, 0.15) is 17.3 Å². The summed E-state index contributed by atoms with van der Waals surface area (Å²) in [6.07, 6.45) is 1.55. The van der Waals surface area contributed by atoms with Gasteiger partial charge in [-0.1, -0.05) is 0 Å². The normalized spacial score (nSPS) is 10.3. The summed E-state index contributed by atoms with van der Waals surface area (Å²) >= 11 is 0. The number of phenolic OH excluding ortho intramolecular Hbond substituents is 1. The number of hydrogen-bond acceptors (Lipinski definition) is 4. The van der Waals surface area contributed by atoms with E-state index in [9.17, 15) is 0 Å². The Labute approximate surface area is 93.1 Å². The Morgan fingerprint density at radius 1 is 1.38 bits per heavy atom. The van der Waals surface area contributed by atoms with Crippen LogP contribution in [0.3, 0.4) is 0 Å². The molecule has 16 heavy (non-hydrogen) atoms. The van der Waals surface area contributed by atoms with Crippen molar-refractivity contribution < 1.29 is 9.84 Å². The van der Waals surface area contributed by atoms with Crippen molar-refractivity contribution in [3.63, 3.8) is 0 Å². The summed E-state index contributed by atoms with van der Waals surface area (Å²) in [5.74, 6) is 1.38. The molecule has 0 spiro atoms. The monoisotopic (exact) mass is 219 g/mol. The molecule has 0 amide bonds. The lowest BCUT2D eigenvalue weighted by Crippen LogP contribution is -2.02. The predicted octanol–water partition coefficient (Wildman–Crippen LogP) is 1.98. The molecule has 1 aromatic heterocycles. The Balaban J connectivity index is 2.23. The smallest absolute Gasteiger partial charge is 0.303 e. The van der Waals surface area contributed by atoms with Gasteiger partial charge in [-0.2, -0.15) is 0 Å². The van der Waals surface area contributed by atoms with Crippen LogP contribution < -0.4 is 10.5 Å². The van der Waals surface area contributed by atoms with Crippen molar-refractivity contribution in [2.75, 3.05) is 5.73 Å². The molecule has 0 saturated heterocycles. The maximum Gasteiger partial charge on any atom is 0.303 e. The van der Waals surface area contributed by atoms with Crippen LogP contribution in [-0.2, 0) is 6.54 Å². The molecule has 5 nitrogen and oxygen atoms in total. The van der Waals surface area contributed by atoms with Crippen LogP contribution in [-0.4, -0.2) is 14.7 Å². The first kappa shape index (κ1) is 10.4. The molecule has 0 saturated carbocycles. The van der Waals surface area contributed by atoms with E-state index in [0.717, 1.165) is 0 Å². The van der Waals surface area contributed by atoms with E-state index in [-0.39, 0.29) is 5.75 Å². The number of imidazole rings is 1. The van der Waals surface area contributed by atoms with Crippen molar-refractivity contribution in [2.24, 2.45) is 0 Å². The molecule has 0 unspecified atom stereocenters. The number of ether oxygens (including phenoxy) is 1. The molecule has 3 N–H and O–H groups in total. The van der Waals surface area contributed by atoms with E-state index in [0.29, 0.717) is 24.1 Å². The number of benzene rings is 1. The molecule has 0 aliphatic rings. The summed E-state index contributed by atoms with van der Waals surface area (Å²) in [6, 6.07) is 6.89. The van der Waals surface area contributed by atoms with Crippen LogP contribution in [0.1, 0.15) is 6.92 Å². The van der Waals surface area contributed by atoms with Crippen LogP contribution in [0.15, 0.2) is 30.5 Å². The summed E-state index contributed by atoms with van der Waals surface area (Å²) in [7, 11) is 0. The number of rotatable bonds is 3. The fourth-order valence-corrected chi connectivity index (χ4v) is 1.39. The third-order valence-corrected chi connectivity index (χ3v) is 2.21. The summed E-state index contributed by atoms with van der Waals surface area (Å²) < 4.78 is 7.29. The number of nitrogen functional groups attached to an aromatic ring is 1. The molecule has 5 heteroatoms. The molecular weight excluding hydrogens is 206 g/mol. The zero-order chi connectivity index (χ0) is 11.5. The molecule has 2 rings (SSSR count). The minimum Gasteiger partial charge on any atom is -0.508 e. The molecule has 0 fully saturated rings.